The van der Waals surface area contributed by atoms with E-state index in [0.29, 0.717) is 30.5 Å². The Morgan fingerprint density at radius 1 is 1.17 bits per heavy atom. The molecule has 2 aromatic rings. The van der Waals surface area contributed by atoms with Gasteiger partial charge in [0, 0.05) is 31.4 Å². The Balaban J connectivity index is 1.74. The zero-order valence-electron chi connectivity index (χ0n) is 13.8. The Hall–Kier alpha value is -2.27. The maximum Gasteiger partial charge on any atom is 0.191 e. The fourth-order valence-corrected chi connectivity index (χ4v) is 2.25. The molecule has 0 spiro atoms. The van der Waals surface area contributed by atoms with Crippen molar-refractivity contribution in [2.24, 2.45) is 4.99 Å². The first-order valence-electron chi connectivity index (χ1n) is 8.09. The summed E-state index contributed by atoms with van der Waals surface area (Å²) in [6, 6.07) is 13.4. The van der Waals surface area contributed by atoms with Crippen LogP contribution in [0.3, 0.4) is 0 Å². The third kappa shape index (κ3) is 6.46. The van der Waals surface area contributed by atoms with Crippen LogP contribution in [0.1, 0.15) is 12.6 Å². The van der Waals surface area contributed by atoms with Gasteiger partial charge in [-0.25, -0.2) is 0 Å². The Bertz CT molecular complexity index is 634. The van der Waals surface area contributed by atoms with Crippen molar-refractivity contribution in [3.8, 4) is 5.75 Å². The van der Waals surface area contributed by atoms with Crippen LogP contribution in [0.25, 0.3) is 0 Å². The number of hydrogen-bond acceptors (Lipinski definition) is 3. The van der Waals surface area contributed by atoms with Crippen molar-refractivity contribution in [3.63, 3.8) is 0 Å². The van der Waals surface area contributed by atoms with Gasteiger partial charge >= 0.3 is 0 Å². The molecule has 0 amide bonds. The number of aliphatic imine (C=N–C) groups is 1. The second-order valence-electron chi connectivity index (χ2n) is 5.04. The predicted octanol–water partition coefficient (Wildman–Crippen LogP) is 2.91. The van der Waals surface area contributed by atoms with Crippen molar-refractivity contribution >= 4 is 17.6 Å². The van der Waals surface area contributed by atoms with Crippen molar-refractivity contribution in [3.05, 3.63) is 59.4 Å². The van der Waals surface area contributed by atoms with E-state index in [4.69, 9.17) is 16.3 Å². The molecule has 6 heteroatoms. The van der Waals surface area contributed by atoms with Crippen molar-refractivity contribution in [2.45, 2.75) is 13.3 Å². The number of pyridine rings is 1. The normalized spacial score (nSPS) is 11.2. The summed E-state index contributed by atoms with van der Waals surface area (Å²) in [5.74, 6) is 1.47. The summed E-state index contributed by atoms with van der Waals surface area (Å²) in [5, 5.41) is 7.08. The molecule has 5 nitrogen and oxygen atoms in total. The Morgan fingerprint density at radius 3 is 2.75 bits per heavy atom. The number of aromatic nitrogens is 1. The van der Waals surface area contributed by atoms with E-state index in [0.717, 1.165) is 24.6 Å². The second-order valence-corrected chi connectivity index (χ2v) is 5.44. The Kier molecular flexibility index (Phi) is 7.90. The molecule has 0 saturated carbocycles. The molecular formula is C18H23ClN4O. The van der Waals surface area contributed by atoms with E-state index in [9.17, 15) is 0 Å². The van der Waals surface area contributed by atoms with Crippen molar-refractivity contribution in [1.82, 2.24) is 15.6 Å². The maximum atomic E-state index is 6.05. The minimum Gasteiger partial charge on any atom is -0.490 e. The summed E-state index contributed by atoms with van der Waals surface area (Å²) < 4.78 is 5.65. The molecule has 0 unspecified atom stereocenters. The highest BCUT2D eigenvalue weighted by Crippen LogP contribution is 2.22. The third-order valence-corrected chi connectivity index (χ3v) is 3.51. The fourth-order valence-electron chi connectivity index (χ4n) is 2.06. The smallest absolute Gasteiger partial charge is 0.191 e. The van der Waals surface area contributed by atoms with Crippen LogP contribution < -0.4 is 15.4 Å². The second kappa shape index (κ2) is 10.5. The van der Waals surface area contributed by atoms with Gasteiger partial charge in [0.05, 0.1) is 11.6 Å². The predicted molar refractivity (Wildman–Crippen MR) is 98.9 cm³/mol. The molecule has 1 aromatic carbocycles. The van der Waals surface area contributed by atoms with Gasteiger partial charge in [-0.15, -0.1) is 0 Å². The van der Waals surface area contributed by atoms with Gasteiger partial charge in [0.25, 0.3) is 0 Å². The van der Waals surface area contributed by atoms with Gasteiger partial charge in [-0.2, -0.15) is 0 Å². The molecule has 2 N–H and O–H groups in total. The van der Waals surface area contributed by atoms with Crippen molar-refractivity contribution < 1.29 is 4.74 Å². The first-order chi connectivity index (χ1) is 11.8. The monoisotopic (exact) mass is 346 g/mol. The van der Waals surface area contributed by atoms with E-state index in [1.54, 1.807) is 6.20 Å². The van der Waals surface area contributed by atoms with Gasteiger partial charge in [-0.05, 0) is 31.2 Å². The number of ether oxygens (including phenoxy) is 1. The summed E-state index contributed by atoms with van der Waals surface area (Å²) in [5.41, 5.74) is 1.04. The zero-order chi connectivity index (χ0) is 17.0. The van der Waals surface area contributed by atoms with E-state index in [1.165, 1.54) is 0 Å². The van der Waals surface area contributed by atoms with Gasteiger partial charge in [0.15, 0.2) is 5.96 Å². The molecule has 24 heavy (non-hydrogen) atoms. The van der Waals surface area contributed by atoms with Crippen LogP contribution in [0, 0.1) is 0 Å². The number of halogens is 1. The summed E-state index contributed by atoms with van der Waals surface area (Å²) in [6.45, 7) is 4.67. The highest BCUT2D eigenvalue weighted by Gasteiger charge is 2.01. The minimum absolute atomic E-state index is 0.508. The lowest BCUT2D eigenvalue weighted by atomic mass is 10.3. The zero-order valence-corrected chi connectivity index (χ0v) is 14.6. The number of rotatable bonds is 8. The van der Waals surface area contributed by atoms with Crippen LogP contribution in [0.15, 0.2) is 53.7 Å². The summed E-state index contributed by atoms with van der Waals surface area (Å²) in [6.07, 6.45) is 2.61. The first-order valence-corrected chi connectivity index (χ1v) is 8.47. The molecular weight excluding hydrogens is 324 g/mol. The molecule has 1 heterocycles. The number of nitrogens with zero attached hydrogens (tertiary/aromatic N) is 2. The Labute approximate surface area is 148 Å². The number of para-hydroxylation sites is 1. The highest BCUT2D eigenvalue weighted by molar-refractivity contribution is 6.32. The molecule has 2 rings (SSSR count). The van der Waals surface area contributed by atoms with Gasteiger partial charge in [-0.1, -0.05) is 29.8 Å². The van der Waals surface area contributed by atoms with E-state index in [-0.39, 0.29) is 0 Å². The van der Waals surface area contributed by atoms with Crippen LogP contribution in [-0.4, -0.2) is 37.2 Å². The summed E-state index contributed by atoms with van der Waals surface area (Å²) in [7, 11) is 0. The number of benzene rings is 1. The number of nitrogens with one attached hydrogen (secondary N) is 2. The van der Waals surface area contributed by atoms with Gasteiger partial charge in [0.1, 0.15) is 12.4 Å². The van der Waals surface area contributed by atoms with Crippen LogP contribution in [0.5, 0.6) is 5.75 Å². The molecule has 0 atom stereocenters. The van der Waals surface area contributed by atoms with Gasteiger partial charge in [-0.3, -0.25) is 9.98 Å². The van der Waals surface area contributed by atoms with Crippen molar-refractivity contribution in [1.29, 1.82) is 0 Å². The lowest BCUT2D eigenvalue weighted by Gasteiger charge is -2.12. The molecule has 0 saturated heterocycles. The number of guanidine groups is 1. The standard InChI is InChI=1S/C18H23ClN4O/c1-2-20-18(22-12-10-15-7-5-6-11-21-15)23-13-14-24-17-9-4-3-8-16(17)19/h3-9,11H,2,10,12-14H2,1H3,(H2,20,22,23). The van der Waals surface area contributed by atoms with E-state index < -0.39 is 0 Å². The van der Waals surface area contributed by atoms with E-state index in [2.05, 4.69) is 20.6 Å². The van der Waals surface area contributed by atoms with Crippen LogP contribution in [-0.2, 0) is 6.42 Å². The molecule has 0 aliphatic carbocycles. The molecule has 0 fully saturated rings. The summed E-state index contributed by atoms with van der Waals surface area (Å²) >= 11 is 6.05. The lowest BCUT2D eigenvalue weighted by molar-refractivity contribution is 0.322. The average Bonchev–Trinajstić information content (AvgIpc) is 2.61. The average molecular weight is 347 g/mol. The van der Waals surface area contributed by atoms with Crippen molar-refractivity contribution in [2.75, 3.05) is 26.2 Å². The molecule has 128 valence electrons. The lowest BCUT2D eigenvalue weighted by Crippen LogP contribution is -2.39. The maximum absolute atomic E-state index is 6.05. The first kappa shape index (κ1) is 18.1. The Morgan fingerprint density at radius 2 is 2.00 bits per heavy atom. The van der Waals surface area contributed by atoms with E-state index >= 15 is 0 Å². The quantitative estimate of drug-likeness (QED) is 0.438. The van der Waals surface area contributed by atoms with Crippen LogP contribution in [0.2, 0.25) is 5.02 Å². The number of hydrogen-bond donors (Lipinski definition) is 2. The largest absolute Gasteiger partial charge is 0.490 e. The third-order valence-electron chi connectivity index (χ3n) is 3.20. The molecule has 0 bridgehead atoms. The highest BCUT2D eigenvalue weighted by atomic mass is 35.5. The molecule has 0 aliphatic heterocycles. The summed E-state index contributed by atoms with van der Waals surface area (Å²) in [4.78, 5) is 8.84. The molecule has 0 aliphatic rings. The van der Waals surface area contributed by atoms with Crippen LogP contribution >= 0.6 is 11.6 Å². The fraction of sp³-hybridized carbons (Fsp3) is 0.333. The van der Waals surface area contributed by atoms with Gasteiger partial charge in [0.2, 0.25) is 0 Å². The van der Waals surface area contributed by atoms with Crippen LogP contribution in [0.4, 0.5) is 0 Å². The molecule has 1 aromatic heterocycles. The van der Waals surface area contributed by atoms with E-state index in [1.807, 2.05) is 49.4 Å². The minimum atomic E-state index is 0.508. The molecule has 0 radical (unpaired) electrons. The SMILES string of the molecule is CCNC(=NCCc1ccccn1)NCCOc1ccccc1Cl. The topological polar surface area (TPSA) is 58.5 Å². The van der Waals surface area contributed by atoms with Gasteiger partial charge < -0.3 is 15.4 Å².